The molecule has 0 bridgehead atoms. The molecule has 32 heavy (non-hydrogen) atoms. The predicted molar refractivity (Wildman–Crippen MR) is 125 cm³/mol. The number of benzene rings is 2. The molecule has 1 aliphatic rings. The molecule has 1 saturated heterocycles. The summed E-state index contributed by atoms with van der Waals surface area (Å²) in [6.45, 7) is 3.73. The van der Waals surface area contributed by atoms with Crippen LogP contribution in [0.5, 0.6) is 0 Å². The third-order valence-corrected chi connectivity index (χ3v) is 5.98. The number of hydrogen-bond donors (Lipinski definition) is 2. The molecular formula is C24H27ClN4O3. The Morgan fingerprint density at radius 1 is 1.28 bits per heavy atom. The minimum absolute atomic E-state index is 0.0657. The summed E-state index contributed by atoms with van der Waals surface area (Å²) in [6.07, 6.45) is 2.03. The van der Waals surface area contributed by atoms with Gasteiger partial charge < -0.3 is 15.0 Å². The van der Waals surface area contributed by atoms with Gasteiger partial charge in [0.25, 0.3) is 5.56 Å². The minimum atomic E-state index is -0.223. The quantitative estimate of drug-likeness (QED) is 0.544. The van der Waals surface area contributed by atoms with E-state index in [2.05, 4.69) is 15.3 Å². The molecular weight excluding hydrogens is 428 g/mol. The number of nitrogens with zero attached hydrogens (tertiary/aromatic N) is 2. The number of fused-ring (bicyclic) bond motifs is 1. The highest BCUT2D eigenvalue weighted by Gasteiger charge is 2.23. The largest absolute Gasteiger partial charge is 0.377 e. The van der Waals surface area contributed by atoms with Gasteiger partial charge in [-0.2, -0.15) is 0 Å². The number of aromatic amines is 1. The Morgan fingerprint density at radius 3 is 2.84 bits per heavy atom. The molecule has 2 aromatic carbocycles. The van der Waals surface area contributed by atoms with Crippen molar-refractivity contribution in [3.05, 3.63) is 75.3 Å². The highest BCUT2D eigenvalue weighted by Crippen LogP contribution is 2.22. The highest BCUT2D eigenvalue weighted by molar-refractivity contribution is 6.31. The van der Waals surface area contributed by atoms with Crippen LogP contribution < -0.4 is 10.9 Å². The van der Waals surface area contributed by atoms with Crippen LogP contribution >= 0.6 is 11.6 Å². The number of aromatic nitrogens is 2. The van der Waals surface area contributed by atoms with E-state index in [-0.39, 0.29) is 30.2 Å². The molecule has 0 spiro atoms. The van der Waals surface area contributed by atoms with E-state index < -0.39 is 0 Å². The first-order valence-corrected chi connectivity index (χ1v) is 11.2. The molecule has 4 rings (SSSR count). The van der Waals surface area contributed by atoms with Crippen molar-refractivity contribution in [2.24, 2.45) is 0 Å². The molecule has 1 aliphatic heterocycles. The van der Waals surface area contributed by atoms with Crippen LogP contribution in [-0.2, 0) is 16.1 Å². The van der Waals surface area contributed by atoms with Crippen LogP contribution in [0.15, 0.2) is 53.3 Å². The van der Waals surface area contributed by atoms with E-state index >= 15 is 0 Å². The summed E-state index contributed by atoms with van der Waals surface area (Å²) in [5.41, 5.74) is 1.33. The standard InChI is InChI=1S/C24H27ClN4O3/c1-16(18-8-2-4-10-20(18)25)26-23(30)15-29(13-17-7-6-12-32-17)14-22-27-21-11-5-3-9-19(21)24(31)28-22/h2-5,8-11,16-17H,6-7,12-15H2,1H3,(H,26,30)(H,27,28,31)/t16-,17+/m0/s1. The van der Waals surface area contributed by atoms with Crippen LogP contribution in [0.1, 0.15) is 37.2 Å². The lowest BCUT2D eigenvalue weighted by atomic mass is 10.1. The first-order valence-electron chi connectivity index (χ1n) is 10.9. The summed E-state index contributed by atoms with van der Waals surface area (Å²) in [5.74, 6) is 0.400. The monoisotopic (exact) mass is 454 g/mol. The van der Waals surface area contributed by atoms with Gasteiger partial charge in [-0.15, -0.1) is 0 Å². The van der Waals surface area contributed by atoms with Crippen molar-refractivity contribution in [2.45, 2.75) is 38.5 Å². The number of rotatable bonds is 8. The number of H-pyrrole nitrogens is 1. The zero-order valence-corrected chi connectivity index (χ0v) is 18.8. The molecule has 2 heterocycles. The molecule has 0 radical (unpaired) electrons. The molecule has 1 aromatic heterocycles. The average molecular weight is 455 g/mol. The summed E-state index contributed by atoms with van der Waals surface area (Å²) >= 11 is 6.27. The normalized spacial score (nSPS) is 17.0. The Labute approximate surface area is 191 Å². The van der Waals surface area contributed by atoms with E-state index in [1.807, 2.05) is 54.3 Å². The van der Waals surface area contributed by atoms with E-state index in [1.165, 1.54) is 0 Å². The second-order valence-corrected chi connectivity index (χ2v) is 8.55. The first kappa shape index (κ1) is 22.5. The van der Waals surface area contributed by atoms with Crippen molar-refractivity contribution >= 4 is 28.4 Å². The molecule has 3 aromatic rings. The lowest BCUT2D eigenvalue weighted by Crippen LogP contribution is -2.41. The van der Waals surface area contributed by atoms with Gasteiger partial charge in [0.2, 0.25) is 5.91 Å². The lowest BCUT2D eigenvalue weighted by molar-refractivity contribution is -0.123. The van der Waals surface area contributed by atoms with Crippen LogP contribution in [-0.4, -0.2) is 46.6 Å². The Balaban J connectivity index is 1.48. The van der Waals surface area contributed by atoms with Crippen molar-refractivity contribution in [1.82, 2.24) is 20.2 Å². The summed E-state index contributed by atoms with van der Waals surface area (Å²) < 4.78 is 5.78. The number of hydrogen-bond acceptors (Lipinski definition) is 5. The number of para-hydroxylation sites is 1. The van der Waals surface area contributed by atoms with Gasteiger partial charge in [-0.05, 0) is 43.5 Å². The maximum atomic E-state index is 12.9. The number of carbonyl (C=O) groups excluding carboxylic acids is 1. The van der Waals surface area contributed by atoms with Crippen molar-refractivity contribution < 1.29 is 9.53 Å². The summed E-state index contributed by atoms with van der Waals surface area (Å²) in [4.78, 5) is 34.7. The molecule has 0 aliphatic carbocycles. The summed E-state index contributed by atoms with van der Waals surface area (Å²) in [6, 6.07) is 14.5. The second kappa shape index (κ2) is 10.3. The average Bonchev–Trinajstić information content (AvgIpc) is 3.27. The highest BCUT2D eigenvalue weighted by atomic mass is 35.5. The van der Waals surface area contributed by atoms with Crippen LogP contribution in [0.3, 0.4) is 0 Å². The number of carbonyl (C=O) groups is 1. The van der Waals surface area contributed by atoms with Crippen molar-refractivity contribution in [1.29, 1.82) is 0 Å². The van der Waals surface area contributed by atoms with Crippen LogP contribution in [0.25, 0.3) is 10.9 Å². The molecule has 1 fully saturated rings. The van der Waals surface area contributed by atoms with Crippen LogP contribution in [0, 0.1) is 0 Å². The zero-order chi connectivity index (χ0) is 22.5. The van der Waals surface area contributed by atoms with E-state index in [1.54, 1.807) is 6.07 Å². The van der Waals surface area contributed by atoms with Gasteiger partial charge in [-0.3, -0.25) is 14.5 Å². The Bertz CT molecular complexity index is 1140. The third-order valence-electron chi connectivity index (χ3n) is 5.64. The number of nitrogens with one attached hydrogen (secondary N) is 2. The van der Waals surface area contributed by atoms with Gasteiger partial charge in [0, 0.05) is 18.2 Å². The summed E-state index contributed by atoms with van der Waals surface area (Å²) in [7, 11) is 0. The topological polar surface area (TPSA) is 87.3 Å². The molecule has 0 unspecified atom stereocenters. The van der Waals surface area contributed by atoms with Gasteiger partial charge in [-0.25, -0.2) is 4.98 Å². The van der Waals surface area contributed by atoms with E-state index in [4.69, 9.17) is 16.3 Å². The molecule has 0 saturated carbocycles. The lowest BCUT2D eigenvalue weighted by Gasteiger charge is -2.25. The number of amides is 1. The van der Waals surface area contributed by atoms with E-state index in [9.17, 15) is 9.59 Å². The van der Waals surface area contributed by atoms with Gasteiger partial charge in [0.05, 0.1) is 36.1 Å². The molecule has 2 N–H and O–H groups in total. The van der Waals surface area contributed by atoms with Crippen LogP contribution in [0.2, 0.25) is 5.02 Å². The smallest absolute Gasteiger partial charge is 0.258 e. The number of ether oxygens (including phenoxy) is 1. The molecule has 168 valence electrons. The SMILES string of the molecule is C[C@H](NC(=O)CN(Cc1nc2ccccc2c(=O)[nH]1)C[C@H]1CCCO1)c1ccccc1Cl. The molecule has 7 nitrogen and oxygen atoms in total. The Kier molecular flexibility index (Phi) is 7.19. The van der Waals surface area contributed by atoms with Gasteiger partial charge >= 0.3 is 0 Å². The van der Waals surface area contributed by atoms with Crippen molar-refractivity contribution in [3.8, 4) is 0 Å². The first-order chi connectivity index (χ1) is 15.5. The third kappa shape index (κ3) is 5.54. The van der Waals surface area contributed by atoms with Gasteiger partial charge in [-0.1, -0.05) is 41.9 Å². The fraction of sp³-hybridized carbons (Fsp3) is 0.375. The van der Waals surface area contributed by atoms with E-state index in [0.717, 1.165) is 25.0 Å². The fourth-order valence-electron chi connectivity index (χ4n) is 4.08. The van der Waals surface area contributed by atoms with Gasteiger partial charge in [0.15, 0.2) is 0 Å². The van der Waals surface area contributed by atoms with Gasteiger partial charge in [0.1, 0.15) is 5.82 Å². The minimum Gasteiger partial charge on any atom is -0.377 e. The van der Waals surface area contributed by atoms with Crippen molar-refractivity contribution in [2.75, 3.05) is 19.7 Å². The maximum Gasteiger partial charge on any atom is 0.258 e. The predicted octanol–water partition coefficient (Wildman–Crippen LogP) is 3.43. The van der Waals surface area contributed by atoms with E-state index in [0.29, 0.717) is 34.8 Å². The molecule has 1 amide bonds. The molecule has 2 atom stereocenters. The molecule has 8 heteroatoms. The van der Waals surface area contributed by atoms with Crippen LogP contribution in [0.4, 0.5) is 0 Å². The Hall–Kier alpha value is -2.74. The summed E-state index contributed by atoms with van der Waals surface area (Å²) in [5, 5.41) is 4.19. The fourth-order valence-corrected chi connectivity index (χ4v) is 4.38. The zero-order valence-electron chi connectivity index (χ0n) is 18.0. The Morgan fingerprint density at radius 2 is 2.06 bits per heavy atom. The number of halogens is 1. The second-order valence-electron chi connectivity index (χ2n) is 8.15. The van der Waals surface area contributed by atoms with Crippen molar-refractivity contribution in [3.63, 3.8) is 0 Å². The maximum absolute atomic E-state index is 12.9.